The molecule has 0 radical (unpaired) electrons. The van der Waals surface area contributed by atoms with E-state index in [0.717, 1.165) is 133 Å². The molecule has 25 atom stereocenters. The van der Waals surface area contributed by atoms with Crippen LogP contribution < -0.4 is 9.80 Å². The van der Waals surface area contributed by atoms with Crippen LogP contribution in [0.2, 0.25) is 0 Å². The number of anilines is 2. The average Bonchev–Trinajstić information content (AvgIpc) is 1.63. The molecule has 0 N–H and O–H groups in total. The third-order valence-electron chi connectivity index (χ3n) is 37.1. The summed E-state index contributed by atoms with van der Waals surface area (Å²) in [5.41, 5.74) is 14.5. The van der Waals surface area contributed by atoms with Gasteiger partial charge in [-0.1, -0.05) is 186 Å². The Morgan fingerprint density at radius 1 is 0.315 bits per heavy atom. The van der Waals surface area contributed by atoms with E-state index in [2.05, 4.69) is 365 Å². The van der Waals surface area contributed by atoms with E-state index in [4.69, 9.17) is 4.74 Å². The summed E-state index contributed by atoms with van der Waals surface area (Å²) in [6, 6.07) is 55.8. The van der Waals surface area contributed by atoms with Crippen molar-refractivity contribution in [2.45, 2.75) is 359 Å². The quantitative estimate of drug-likeness (QED) is 0.148. The summed E-state index contributed by atoms with van der Waals surface area (Å²) >= 11 is 2.13. The molecule has 12 nitrogen and oxygen atoms in total. The summed E-state index contributed by atoms with van der Waals surface area (Å²) in [5, 5.41) is 0. The number of rotatable bonds is 0. The number of benzene rings is 5. The average molecular weight is 1800 g/mol. The molecule has 13 fully saturated rings. The Balaban J connectivity index is 0.000000122. The van der Waals surface area contributed by atoms with E-state index in [-0.39, 0.29) is 0 Å². The van der Waals surface area contributed by atoms with E-state index in [9.17, 15) is 0 Å². The minimum atomic E-state index is 0.506. The van der Waals surface area contributed by atoms with Gasteiger partial charge in [-0.3, -0.25) is 19.6 Å². The number of piperidine rings is 3. The highest BCUT2D eigenvalue weighted by atomic mass is 32.2. The predicted molar refractivity (Wildman–Crippen MR) is 562 cm³/mol. The van der Waals surface area contributed by atoms with E-state index in [1.807, 2.05) is 0 Å². The highest BCUT2D eigenvalue weighted by Crippen LogP contribution is 2.48. The lowest BCUT2D eigenvalue weighted by Crippen LogP contribution is -2.48. The monoisotopic (exact) mass is 1790 g/mol. The van der Waals surface area contributed by atoms with Crippen molar-refractivity contribution < 1.29 is 4.74 Å². The maximum Gasteiger partial charge on any atom is 0.0625 e. The second-order valence-electron chi connectivity index (χ2n) is 44.8. The maximum atomic E-state index is 5.39. The van der Waals surface area contributed by atoms with E-state index in [1.54, 1.807) is 11.1 Å². The van der Waals surface area contributed by atoms with Gasteiger partial charge < -0.3 is 39.0 Å². The highest BCUT2D eigenvalue weighted by molar-refractivity contribution is 7.99. The standard InChI is InChI=1S/C14H19N.2C11H21N.C11H15N.C11H13N.C11H21N.C11H15N.C11H13N.C10H19N.C8H15NO.C8H15NS/c1-10-9-12-8-7-11-5-3-4-6-13(11)14(12)15(10)2;1-9-7-10-5-3-4-6-11(10)8-12(9)2;3*1-9-11-6-4-3-5-10(11)7-8-12(9)2;3*1-9-7-8-10-5-3-4-6-11(10)12(9)2;1-8-7-9-5-3-4-6-10(9)11(8)2;2*1-6-3-7-4-10-5-8(7)9(6)2/h3-6,10,12,14H,7-9H2,1-2H3;2*9-11H,3-8H2,1-2H3;3-6,9H,7-8H2,1-2H3;3-9H,1-2H3;9-11H,3-8H2,1-2H3;3-6,9H,7-8H2,1-2H3;3-9H,1-2H3;8-10H,3-7H2,1-2H3;2*6-8H,3-5H2,1-2H3. The molecule has 23 rings (SSSR count). The molecule has 13 heteroatoms. The van der Waals surface area contributed by atoms with Gasteiger partial charge in [0.05, 0.1) is 19.3 Å². The number of likely N-dealkylation sites (tertiary alicyclic amines) is 7. The van der Waals surface area contributed by atoms with Crippen LogP contribution in [0.25, 0.3) is 12.2 Å². The second-order valence-corrected chi connectivity index (χ2v) is 45.9. The number of fused-ring (bicyclic) bond motifs is 13. The van der Waals surface area contributed by atoms with Crippen LogP contribution in [0.5, 0.6) is 0 Å². The third kappa shape index (κ3) is 26.1. The molecule has 13 heterocycles. The van der Waals surface area contributed by atoms with Crippen LogP contribution in [0.1, 0.15) is 306 Å². The van der Waals surface area contributed by atoms with E-state index < -0.39 is 0 Å². The van der Waals surface area contributed by atoms with Crippen molar-refractivity contribution in [1.29, 1.82) is 0 Å². The molecule has 0 spiro atoms. The number of likely N-dealkylation sites (N-methyl/N-ethyl adjacent to an activating group) is 3. The zero-order valence-electron chi connectivity index (χ0n) is 86.5. The number of thioether (sulfide) groups is 1. The smallest absolute Gasteiger partial charge is 0.0625 e. The van der Waals surface area contributed by atoms with Crippen LogP contribution in [0.3, 0.4) is 0 Å². The molecule has 0 amide bonds. The molecule has 5 aromatic rings. The van der Waals surface area contributed by atoms with E-state index in [1.165, 1.54) is 262 Å². The van der Waals surface area contributed by atoms with Gasteiger partial charge in [-0.05, 0) is 383 Å². The van der Waals surface area contributed by atoms with Crippen LogP contribution >= 0.6 is 11.8 Å². The zero-order valence-corrected chi connectivity index (χ0v) is 87.3. The van der Waals surface area contributed by atoms with Gasteiger partial charge in [-0.25, -0.2) is 0 Å². The van der Waals surface area contributed by atoms with Crippen LogP contribution in [0.15, 0.2) is 134 Å². The first-order valence-electron chi connectivity index (χ1n) is 53.4. The van der Waals surface area contributed by atoms with Gasteiger partial charge >= 0.3 is 0 Å². The topological polar surface area (TPSA) is 44.9 Å². The maximum absolute atomic E-state index is 5.39. The van der Waals surface area contributed by atoms with Gasteiger partial charge in [0.15, 0.2) is 0 Å². The van der Waals surface area contributed by atoms with Crippen molar-refractivity contribution in [2.75, 3.05) is 132 Å². The van der Waals surface area contributed by atoms with Gasteiger partial charge in [0.25, 0.3) is 0 Å². The Morgan fingerprint density at radius 3 is 1.53 bits per heavy atom. The molecule has 25 unspecified atom stereocenters. The highest BCUT2D eigenvalue weighted by Gasteiger charge is 2.45. The Kier molecular flexibility index (Phi) is 38.8. The van der Waals surface area contributed by atoms with Crippen LogP contribution in [-0.4, -0.2) is 245 Å². The van der Waals surface area contributed by atoms with Crippen molar-refractivity contribution in [2.24, 2.45) is 53.3 Å². The van der Waals surface area contributed by atoms with Crippen molar-refractivity contribution >= 4 is 35.3 Å². The van der Waals surface area contributed by atoms with Gasteiger partial charge in [0, 0.05) is 148 Å². The molecule has 4 saturated carbocycles. The number of aryl methyl sites for hydroxylation is 2. The molecule has 0 bridgehead atoms. The summed E-state index contributed by atoms with van der Waals surface area (Å²) in [6.45, 7) is 31.4. The molecule has 18 aliphatic rings. The molecule has 13 aliphatic heterocycles. The first-order chi connectivity index (χ1) is 62.6. The van der Waals surface area contributed by atoms with E-state index >= 15 is 0 Å². The Hall–Kier alpha value is -5.03. The van der Waals surface area contributed by atoms with Gasteiger partial charge in [0.1, 0.15) is 0 Å². The Labute approximate surface area is 801 Å². The first kappa shape index (κ1) is 102. The fourth-order valence-corrected chi connectivity index (χ4v) is 28.4. The van der Waals surface area contributed by atoms with Gasteiger partial charge in [-0.15, -0.1) is 0 Å². The normalized spacial score (nSPS) is 35.6. The van der Waals surface area contributed by atoms with Gasteiger partial charge in [0.2, 0.25) is 0 Å². The number of hydrogen-bond acceptors (Lipinski definition) is 13. The minimum absolute atomic E-state index is 0.506. The molecule has 130 heavy (non-hydrogen) atoms. The van der Waals surface area contributed by atoms with Gasteiger partial charge in [-0.2, -0.15) is 11.8 Å². The van der Waals surface area contributed by atoms with Crippen molar-refractivity contribution in [1.82, 2.24) is 44.1 Å². The number of nitrogens with zero attached hydrogens (tertiary/aromatic N) is 11. The summed E-state index contributed by atoms with van der Waals surface area (Å²) < 4.78 is 5.39. The molecule has 722 valence electrons. The first-order valence-corrected chi connectivity index (χ1v) is 54.6. The van der Waals surface area contributed by atoms with Crippen LogP contribution in [0, 0.1) is 53.3 Å². The number of para-hydroxylation sites is 2. The molecule has 5 aliphatic carbocycles. The van der Waals surface area contributed by atoms with Crippen molar-refractivity contribution in [3.63, 3.8) is 0 Å². The second kappa shape index (κ2) is 49.3. The van der Waals surface area contributed by atoms with Crippen molar-refractivity contribution in [3.05, 3.63) is 178 Å². The third-order valence-corrected chi connectivity index (χ3v) is 38.4. The SMILES string of the molecule is CC1C2CCCCC2CCN1C.CC1C=Cc2ccccc2N1C.CC1CC2CCCCC2CN1C.CC1CC2CCCCC2N1C.CC1CC2CCc3ccccc3C2N1C.CC1CC2COCC2N1C.CC1CC2CSCC2N1C.CC1CCC2CCCCC2N1C.CC1CCc2ccccc2N1C.CC1c2ccccc2C=CN1C.CC1c2ccccc2CCN1C. The largest absolute Gasteiger partial charge is 0.379 e. The number of hydrogen-bond donors (Lipinski definition) is 0. The minimum Gasteiger partial charge on any atom is -0.379 e. The lowest BCUT2D eigenvalue weighted by atomic mass is 9.71. The Morgan fingerprint density at radius 2 is 0.838 bits per heavy atom. The zero-order chi connectivity index (χ0) is 92.4. The molecule has 0 aromatic heterocycles. The molecular formula is C117H187N11OS. The fourth-order valence-electron chi connectivity index (χ4n) is 26.9. The predicted octanol–water partition coefficient (Wildman–Crippen LogP) is 25.0. The molecule has 9 saturated heterocycles. The summed E-state index contributed by atoms with van der Waals surface area (Å²) in [7, 11) is 24.6. The number of ether oxygens (including phenoxy) is 1. The lowest BCUT2D eigenvalue weighted by molar-refractivity contribution is 0.0447. The molecule has 5 aromatic carbocycles. The summed E-state index contributed by atoms with van der Waals surface area (Å²) in [4.78, 5) is 27.2. The Bertz CT molecular complexity index is 4020. The lowest BCUT2D eigenvalue weighted by Gasteiger charge is -2.45. The van der Waals surface area contributed by atoms with Crippen molar-refractivity contribution in [3.8, 4) is 0 Å². The van der Waals surface area contributed by atoms with Crippen LogP contribution in [0.4, 0.5) is 11.4 Å². The summed E-state index contributed by atoms with van der Waals surface area (Å²) in [6.07, 6.45) is 50.4. The summed E-state index contributed by atoms with van der Waals surface area (Å²) in [5.74, 6) is 11.9. The van der Waals surface area contributed by atoms with Crippen LogP contribution in [-0.2, 0) is 24.0 Å². The molecular weight excluding hydrogens is 1610 g/mol. The van der Waals surface area contributed by atoms with E-state index in [0.29, 0.717) is 30.2 Å². The fraction of sp³-hybridized carbons (Fsp3) is 0.709.